The number of allylic oxidation sites excluding steroid dienone is 9. The number of anilines is 1. The molecule has 1 aromatic carbocycles. The summed E-state index contributed by atoms with van der Waals surface area (Å²) in [6, 6.07) is 1.16. The Balaban J connectivity index is 1.73. The van der Waals surface area contributed by atoms with Gasteiger partial charge in [0, 0.05) is 18.5 Å². The fourth-order valence-corrected chi connectivity index (χ4v) is 4.86. The fraction of sp³-hybridized carbons (Fsp3) is 0.355. The number of carbonyl (C=O) groups excluding carboxylic acids is 1. The van der Waals surface area contributed by atoms with Crippen LogP contribution in [0.15, 0.2) is 95.7 Å². The van der Waals surface area contributed by atoms with E-state index in [1.807, 2.05) is 36.9 Å². The summed E-state index contributed by atoms with van der Waals surface area (Å²) < 4.78 is 81.0. The predicted octanol–water partition coefficient (Wildman–Crippen LogP) is 9.24. The maximum atomic E-state index is 13.3. The van der Waals surface area contributed by atoms with Gasteiger partial charge in [0.15, 0.2) is 0 Å². The Bertz CT molecular complexity index is 1400. The van der Waals surface area contributed by atoms with Gasteiger partial charge in [-0.1, -0.05) is 49.8 Å². The normalized spacial score (nSPS) is 19.0. The molecule has 4 nitrogen and oxygen atoms in total. The second-order valence-electron chi connectivity index (χ2n) is 10.8. The summed E-state index contributed by atoms with van der Waals surface area (Å²) in [5.74, 6) is -0.980. The van der Waals surface area contributed by atoms with E-state index in [-0.39, 0.29) is 17.5 Å². The number of alkyl halides is 6. The number of nitrogens with zero attached hydrogens (tertiary/aromatic N) is 2. The molecule has 0 radical (unpaired) electrons. The Kier molecular flexibility index (Phi) is 9.56. The van der Waals surface area contributed by atoms with Gasteiger partial charge in [-0.2, -0.15) is 26.3 Å². The van der Waals surface area contributed by atoms with Crippen LogP contribution in [0.2, 0.25) is 0 Å². The van der Waals surface area contributed by atoms with Crippen molar-refractivity contribution in [3.05, 3.63) is 107 Å². The number of benzene rings is 1. The molecule has 0 saturated carbocycles. The molecule has 10 heteroatoms. The van der Waals surface area contributed by atoms with Gasteiger partial charge in [0.05, 0.1) is 29.2 Å². The molecular weight excluding hydrogens is 544 g/mol. The molecule has 41 heavy (non-hydrogen) atoms. The summed E-state index contributed by atoms with van der Waals surface area (Å²) in [7, 11) is 0. The lowest BCUT2D eigenvalue weighted by Gasteiger charge is -2.37. The summed E-state index contributed by atoms with van der Waals surface area (Å²) in [4.78, 5) is 16.5. The number of nitrogens with one attached hydrogen (secondary N) is 1. The van der Waals surface area contributed by atoms with Gasteiger partial charge in [-0.25, -0.2) is 4.98 Å². The number of carbonyl (C=O) groups is 1. The summed E-state index contributed by atoms with van der Waals surface area (Å²) in [5.41, 5.74) is 0.230. The standard InChI is InChI=1S/C31H33F6N3O/c1-20(9-11-24-22(3)27(13-14-29(24,4)5)40-16-15-38-19-40)7-6-8-21(2)17-28(41)39-26-18-23(30(32,33)34)10-12-25(26)31(35,36)37/h6-12,15-19,27H,13-14H2,1-5H3,(H,39,41). The Morgan fingerprint density at radius 2 is 1.78 bits per heavy atom. The quantitative estimate of drug-likeness (QED) is 0.203. The Labute approximate surface area is 235 Å². The molecule has 1 heterocycles. The largest absolute Gasteiger partial charge is 0.418 e. The monoisotopic (exact) mass is 577 g/mol. The van der Waals surface area contributed by atoms with Crippen LogP contribution < -0.4 is 5.32 Å². The first-order valence-corrected chi connectivity index (χ1v) is 13.0. The molecule has 3 rings (SSSR count). The predicted molar refractivity (Wildman–Crippen MR) is 148 cm³/mol. The van der Waals surface area contributed by atoms with E-state index >= 15 is 0 Å². The average Bonchev–Trinajstić information content (AvgIpc) is 3.37. The van der Waals surface area contributed by atoms with Gasteiger partial charge < -0.3 is 9.88 Å². The van der Waals surface area contributed by atoms with Crippen LogP contribution in [0.5, 0.6) is 0 Å². The van der Waals surface area contributed by atoms with Crippen LogP contribution in [0.4, 0.5) is 32.0 Å². The first kappa shape index (κ1) is 31.7. The van der Waals surface area contributed by atoms with E-state index in [2.05, 4.69) is 36.4 Å². The molecule has 1 atom stereocenters. The van der Waals surface area contributed by atoms with Crippen LogP contribution in [-0.2, 0) is 17.1 Å². The smallest absolute Gasteiger partial charge is 0.330 e. The molecule has 0 aliphatic heterocycles. The Morgan fingerprint density at radius 1 is 1.07 bits per heavy atom. The van der Waals surface area contributed by atoms with Crippen LogP contribution >= 0.6 is 0 Å². The van der Waals surface area contributed by atoms with Crippen molar-refractivity contribution in [1.29, 1.82) is 0 Å². The summed E-state index contributed by atoms with van der Waals surface area (Å²) >= 11 is 0. The number of imidazole rings is 1. The summed E-state index contributed by atoms with van der Waals surface area (Å²) in [6.45, 7) is 10.0. The minimum atomic E-state index is -4.94. The van der Waals surface area contributed by atoms with Crippen molar-refractivity contribution in [2.45, 2.75) is 65.9 Å². The molecule has 0 bridgehead atoms. The van der Waals surface area contributed by atoms with E-state index < -0.39 is 35.1 Å². The molecule has 1 aliphatic carbocycles. The van der Waals surface area contributed by atoms with Gasteiger partial charge in [0.25, 0.3) is 0 Å². The van der Waals surface area contributed by atoms with Gasteiger partial charge in [-0.3, -0.25) is 4.79 Å². The van der Waals surface area contributed by atoms with Crippen molar-refractivity contribution < 1.29 is 31.1 Å². The van der Waals surface area contributed by atoms with E-state index in [1.54, 1.807) is 25.3 Å². The minimum absolute atomic E-state index is 0.00602. The van der Waals surface area contributed by atoms with Gasteiger partial charge in [0.2, 0.25) is 5.91 Å². The van der Waals surface area contributed by atoms with Crippen LogP contribution in [0.1, 0.15) is 64.6 Å². The molecule has 1 N–H and O–H groups in total. The number of aromatic nitrogens is 2. The van der Waals surface area contributed by atoms with E-state index in [9.17, 15) is 31.1 Å². The highest BCUT2D eigenvalue weighted by atomic mass is 19.4. The number of halogens is 6. The second kappa shape index (κ2) is 12.4. The van der Waals surface area contributed by atoms with Gasteiger partial charge in [-0.05, 0) is 73.9 Å². The lowest BCUT2D eigenvalue weighted by atomic mass is 9.71. The minimum Gasteiger partial charge on any atom is -0.330 e. The van der Waals surface area contributed by atoms with Crippen molar-refractivity contribution in [3.8, 4) is 0 Å². The molecule has 0 spiro atoms. The van der Waals surface area contributed by atoms with Gasteiger partial charge >= 0.3 is 12.4 Å². The maximum absolute atomic E-state index is 13.3. The molecule has 0 fully saturated rings. The topological polar surface area (TPSA) is 46.9 Å². The van der Waals surface area contributed by atoms with Crippen LogP contribution in [0, 0.1) is 5.41 Å². The molecule has 2 aromatic rings. The second-order valence-corrected chi connectivity index (χ2v) is 10.8. The third-order valence-electron chi connectivity index (χ3n) is 7.08. The van der Waals surface area contributed by atoms with Crippen LogP contribution in [0.3, 0.4) is 0 Å². The number of hydrogen-bond donors (Lipinski definition) is 1. The molecule has 1 unspecified atom stereocenters. The third-order valence-corrected chi connectivity index (χ3v) is 7.08. The average molecular weight is 578 g/mol. The zero-order valence-electron chi connectivity index (χ0n) is 23.5. The van der Waals surface area contributed by atoms with Crippen molar-refractivity contribution in [2.24, 2.45) is 5.41 Å². The highest BCUT2D eigenvalue weighted by Crippen LogP contribution is 2.45. The van der Waals surface area contributed by atoms with E-state index in [4.69, 9.17) is 0 Å². The molecule has 220 valence electrons. The van der Waals surface area contributed by atoms with Crippen LogP contribution in [-0.4, -0.2) is 15.5 Å². The van der Waals surface area contributed by atoms with Crippen molar-refractivity contribution >= 4 is 11.6 Å². The number of hydrogen-bond acceptors (Lipinski definition) is 2. The van der Waals surface area contributed by atoms with E-state index in [0.717, 1.165) is 24.5 Å². The van der Waals surface area contributed by atoms with Crippen molar-refractivity contribution in [1.82, 2.24) is 9.55 Å². The molecule has 1 amide bonds. The molecular formula is C31H33F6N3O. The zero-order chi connectivity index (χ0) is 30.6. The van der Waals surface area contributed by atoms with Crippen molar-refractivity contribution in [3.63, 3.8) is 0 Å². The Hall–Kier alpha value is -3.82. The molecule has 1 aromatic heterocycles. The summed E-state index contributed by atoms with van der Waals surface area (Å²) in [6.07, 6.45) is 8.02. The van der Waals surface area contributed by atoms with E-state index in [0.29, 0.717) is 17.7 Å². The molecule has 1 aliphatic rings. The maximum Gasteiger partial charge on any atom is 0.418 e. The Morgan fingerprint density at radius 3 is 2.39 bits per heavy atom. The lowest BCUT2D eigenvalue weighted by molar-refractivity contribution is -0.140. The van der Waals surface area contributed by atoms with Gasteiger partial charge in [-0.15, -0.1) is 0 Å². The van der Waals surface area contributed by atoms with E-state index in [1.165, 1.54) is 11.1 Å². The first-order valence-electron chi connectivity index (χ1n) is 13.0. The third kappa shape index (κ3) is 8.34. The summed E-state index contributed by atoms with van der Waals surface area (Å²) in [5, 5.41) is 1.94. The SMILES string of the molecule is CC(C=CC1=C(C)C(n2ccnc2)CCC1(C)C)=CC=CC(C)=CC(=O)Nc1cc(C(F)(F)F)ccc1C(F)(F)F. The number of amides is 1. The molecule has 0 saturated heterocycles. The lowest BCUT2D eigenvalue weighted by Crippen LogP contribution is -2.25. The van der Waals surface area contributed by atoms with Crippen molar-refractivity contribution in [2.75, 3.05) is 5.32 Å². The fourth-order valence-electron chi connectivity index (χ4n) is 4.86. The first-order chi connectivity index (χ1) is 19.0. The highest BCUT2D eigenvalue weighted by Gasteiger charge is 2.37. The number of rotatable bonds is 7. The van der Waals surface area contributed by atoms with Crippen LogP contribution in [0.25, 0.3) is 0 Å². The van der Waals surface area contributed by atoms with Gasteiger partial charge in [0.1, 0.15) is 0 Å². The zero-order valence-corrected chi connectivity index (χ0v) is 23.5. The highest BCUT2D eigenvalue weighted by molar-refractivity contribution is 6.00.